The number of hydrogen-bond donors (Lipinski definition) is 0. The number of halogens is 1. The van der Waals surface area contributed by atoms with Crippen molar-refractivity contribution < 1.29 is 8.42 Å². The van der Waals surface area contributed by atoms with Crippen molar-refractivity contribution in [3.05, 3.63) is 27.9 Å². The number of thiophene rings is 1. The Morgan fingerprint density at radius 2 is 2.06 bits per heavy atom. The van der Waals surface area contributed by atoms with Crippen LogP contribution in [-0.4, -0.2) is 35.8 Å². The summed E-state index contributed by atoms with van der Waals surface area (Å²) in [6.45, 7) is 1.98. The summed E-state index contributed by atoms with van der Waals surface area (Å²) in [5.74, 6) is 0. The fraction of sp³-hybridized carbons (Fsp3) is 0.300. The van der Waals surface area contributed by atoms with Gasteiger partial charge in [0.05, 0.1) is 16.8 Å². The molecule has 18 heavy (non-hydrogen) atoms. The molecule has 0 saturated heterocycles. The zero-order valence-corrected chi connectivity index (χ0v) is 13.3. The van der Waals surface area contributed by atoms with Gasteiger partial charge in [0, 0.05) is 19.0 Å². The van der Waals surface area contributed by atoms with E-state index in [-0.39, 0.29) is 4.73 Å². The summed E-state index contributed by atoms with van der Waals surface area (Å²) in [7, 11) is -0.604. The first-order valence-corrected chi connectivity index (χ1v) is 8.07. The third-order valence-electron chi connectivity index (χ3n) is 2.36. The Kier molecular flexibility index (Phi) is 3.63. The average molecular weight is 350 g/mol. The van der Waals surface area contributed by atoms with Gasteiger partial charge in [-0.1, -0.05) is 0 Å². The minimum absolute atomic E-state index is 0.275. The van der Waals surface area contributed by atoms with Crippen LogP contribution in [0.15, 0.2) is 23.1 Å². The molecule has 5 nitrogen and oxygen atoms in total. The highest BCUT2D eigenvalue weighted by Crippen LogP contribution is 2.31. The van der Waals surface area contributed by atoms with Crippen LogP contribution in [0.2, 0.25) is 0 Å². The lowest BCUT2D eigenvalue weighted by Crippen LogP contribution is -2.29. The molecule has 0 aliphatic carbocycles. The van der Waals surface area contributed by atoms with Gasteiger partial charge in [-0.2, -0.15) is 16.7 Å². The van der Waals surface area contributed by atoms with Crippen molar-refractivity contribution in [3.8, 4) is 10.6 Å². The third kappa shape index (κ3) is 2.25. The number of aromatic nitrogens is 2. The maximum Gasteiger partial charge on any atom is 0.309 e. The molecular weight excluding hydrogens is 338 g/mol. The molecule has 0 saturated carbocycles. The summed E-state index contributed by atoms with van der Waals surface area (Å²) in [5.41, 5.74) is 0.564. The number of rotatable bonds is 3. The monoisotopic (exact) mass is 349 g/mol. The summed E-state index contributed by atoms with van der Waals surface area (Å²) in [6.07, 6.45) is 1.55. The average Bonchev–Trinajstić information content (AvgIpc) is 2.84. The number of nitrogens with zero attached hydrogens (tertiary/aromatic N) is 3. The minimum atomic E-state index is -3.59. The van der Waals surface area contributed by atoms with Gasteiger partial charge in [-0.3, -0.25) is 0 Å². The van der Waals surface area contributed by atoms with E-state index in [0.29, 0.717) is 5.69 Å². The molecule has 0 aliphatic rings. The Labute approximate surface area is 118 Å². The maximum atomic E-state index is 12.2. The summed E-state index contributed by atoms with van der Waals surface area (Å²) < 4.78 is 27.1. The molecule has 2 aromatic heterocycles. The fourth-order valence-electron chi connectivity index (χ4n) is 1.44. The molecule has 0 amide bonds. The highest BCUT2D eigenvalue weighted by atomic mass is 79.9. The Morgan fingerprint density at radius 3 is 2.56 bits per heavy atom. The largest absolute Gasteiger partial charge is 0.309 e. The van der Waals surface area contributed by atoms with E-state index in [9.17, 15) is 8.42 Å². The maximum absolute atomic E-state index is 12.2. The van der Waals surface area contributed by atoms with Crippen molar-refractivity contribution in [2.75, 3.05) is 14.1 Å². The summed E-state index contributed by atoms with van der Waals surface area (Å²) in [5, 5.41) is 0. The molecule has 0 aromatic carbocycles. The van der Waals surface area contributed by atoms with Crippen LogP contribution in [0, 0.1) is 6.92 Å². The summed E-state index contributed by atoms with van der Waals surface area (Å²) in [6, 6.07) is 3.85. The Hall–Kier alpha value is -0.700. The second kappa shape index (κ2) is 4.76. The number of hydrogen-bond acceptors (Lipinski definition) is 4. The van der Waals surface area contributed by atoms with Crippen LogP contribution in [0.4, 0.5) is 0 Å². The van der Waals surface area contributed by atoms with Gasteiger partial charge in [0.15, 0.2) is 4.73 Å². The molecule has 0 atom stereocenters. The van der Waals surface area contributed by atoms with Crippen molar-refractivity contribution in [2.45, 2.75) is 6.92 Å². The third-order valence-corrected chi connectivity index (χ3v) is 5.94. The van der Waals surface area contributed by atoms with Crippen LogP contribution in [-0.2, 0) is 10.2 Å². The molecule has 0 N–H and O–H groups in total. The molecule has 0 bridgehead atoms. The predicted molar refractivity (Wildman–Crippen MR) is 76.0 cm³/mol. The molecule has 2 heterocycles. The van der Waals surface area contributed by atoms with Crippen molar-refractivity contribution >= 4 is 37.5 Å². The second-order valence-electron chi connectivity index (χ2n) is 3.88. The molecule has 0 radical (unpaired) electrons. The van der Waals surface area contributed by atoms with Crippen LogP contribution in [0.25, 0.3) is 10.6 Å². The zero-order chi connectivity index (χ0) is 13.5. The van der Waals surface area contributed by atoms with E-state index in [4.69, 9.17) is 0 Å². The summed E-state index contributed by atoms with van der Waals surface area (Å²) >= 11 is 4.71. The molecule has 0 fully saturated rings. The molecule has 2 rings (SSSR count). The van der Waals surface area contributed by atoms with E-state index in [0.717, 1.165) is 14.1 Å². The minimum Gasteiger partial charge on any atom is -0.229 e. The van der Waals surface area contributed by atoms with Crippen LogP contribution >= 0.6 is 27.3 Å². The quantitative estimate of drug-likeness (QED) is 0.854. The first kappa shape index (κ1) is 13.7. The lowest BCUT2D eigenvalue weighted by atomic mass is 10.4. The van der Waals surface area contributed by atoms with E-state index in [2.05, 4.69) is 20.9 Å². The molecule has 0 spiro atoms. The smallest absolute Gasteiger partial charge is 0.229 e. The van der Waals surface area contributed by atoms with Crippen LogP contribution in [0.3, 0.4) is 0 Å². The molecule has 0 unspecified atom stereocenters. The van der Waals surface area contributed by atoms with Crippen LogP contribution in [0.1, 0.15) is 4.88 Å². The van der Waals surface area contributed by atoms with Gasteiger partial charge in [0.2, 0.25) is 0 Å². The van der Waals surface area contributed by atoms with Crippen molar-refractivity contribution in [1.29, 1.82) is 0 Å². The van der Waals surface area contributed by atoms with Crippen molar-refractivity contribution in [3.63, 3.8) is 0 Å². The molecule has 8 heteroatoms. The predicted octanol–water partition coefficient (Wildman–Crippen LogP) is 2.34. The van der Waals surface area contributed by atoms with Crippen LogP contribution in [0.5, 0.6) is 0 Å². The molecule has 0 aliphatic heterocycles. The summed E-state index contributed by atoms with van der Waals surface area (Å²) in [4.78, 5) is 6.02. The van der Waals surface area contributed by atoms with Crippen molar-refractivity contribution in [1.82, 2.24) is 13.3 Å². The Bertz CT molecular complexity index is 673. The van der Waals surface area contributed by atoms with E-state index in [1.807, 2.05) is 19.1 Å². The van der Waals surface area contributed by atoms with E-state index in [1.54, 1.807) is 6.20 Å². The Morgan fingerprint density at radius 1 is 1.39 bits per heavy atom. The number of imidazole rings is 1. The van der Waals surface area contributed by atoms with Gasteiger partial charge in [0.1, 0.15) is 0 Å². The highest BCUT2D eigenvalue weighted by Gasteiger charge is 2.24. The standard InChI is InChI=1S/C10H12BrN3O2S2/c1-7-4-5-9(17-7)8-6-12-10(11)14(8)18(15,16)13(2)3/h4-6H,1-3H3. The lowest BCUT2D eigenvalue weighted by molar-refractivity contribution is 0.510. The van der Waals surface area contributed by atoms with Crippen molar-refractivity contribution in [2.24, 2.45) is 0 Å². The first-order valence-electron chi connectivity index (χ1n) is 5.07. The topological polar surface area (TPSA) is 55.2 Å². The molecular formula is C10H12BrN3O2S2. The normalized spacial score (nSPS) is 12.3. The van der Waals surface area contributed by atoms with Gasteiger partial charge in [0.25, 0.3) is 0 Å². The van der Waals surface area contributed by atoms with E-state index < -0.39 is 10.2 Å². The van der Waals surface area contributed by atoms with E-state index >= 15 is 0 Å². The van der Waals surface area contributed by atoms with Gasteiger partial charge in [-0.15, -0.1) is 11.3 Å². The lowest BCUT2D eigenvalue weighted by Gasteiger charge is -2.14. The van der Waals surface area contributed by atoms with Gasteiger partial charge < -0.3 is 0 Å². The van der Waals surface area contributed by atoms with E-state index in [1.165, 1.54) is 29.4 Å². The molecule has 98 valence electrons. The van der Waals surface area contributed by atoms with Crippen LogP contribution < -0.4 is 0 Å². The highest BCUT2D eigenvalue weighted by molar-refractivity contribution is 9.10. The van der Waals surface area contributed by atoms with Gasteiger partial charge in [-0.05, 0) is 35.0 Å². The van der Waals surface area contributed by atoms with Gasteiger partial charge >= 0.3 is 10.2 Å². The molecule has 2 aromatic rings. The van der Waals surface area contributed by atoms with Gasteiger partial charge in [-0.25, -0.2) is 4.98 Å². The fourth-order valence-corrected chi connectivity index (χ4v) is 4.16. The second-order valence-corrected chi connectivity index (χ2v) is 7.87. The zero-order valence-electron chi connectivity index (χ0n) is 10.1. The SMILES string of the molecule is Cc1ccc(-c2cnc(Br)n2S(=O)(=O)N(C)C)s1. The number of aryl methyl sites for hydroxylation is 1. The first-order chi connectivity index (χ1) is 8.34. The Balaban J connectivity index is 2.66.